The second kappa shape index (κ2) is 5.28. The van der Waals surface area contributed by atoms with Crippen molar-refractivity contribution in [2.75, 3.05) is 5.32 Å². The highest BCUT2D eigenvalue weighted by Crippen LogP contribution is 2.27. The first kappa shape index (κ1) is 14.0. The van der Waals surface area contributed by atoms with E-state index >= 15 is 0 Å². The summed E-state index contributed by atoms with van der Waals surface area (Å²) in [6, 6.07) is 0. The third kappa shape index (κ3) is 3.32. The van der Waals surface area contributed by atoms with Crippen molar-refractivity contribution in [2.24, 2.45) is 7.05 Å². The topological polar surface area (TPSA) is 55.6 Å². The van der Waals surface area contributed by atoms with E-state index < -0.39 is 0 Å². The Labute approximate surface area is 118 Å². The fourth-order valence-corrected chi connectivity index (χ4v) is 2.59. The number of rotatable bonds is 4. The maximum Gasteiger partial charge on any atom is 0.205 e. The van der Waals surface area contributed by atoms with Crippen LogP contribution in [0.3, 0.4) is 0 Å². The van der Waals surface area contributed by atoms with E-state index in [-0.39, 0.29) is 5.41 Å². The van der Waals surface area contributed by atoms with Crippen LogP contribution in [-0.4, -0.2) is 20.0 Å². The molecule has 0 aliphatic carbocycles. The number of anilines is 1. The van der Waals surface area contributed by atoms with Gasteiger partial charge in [0.05, 0.1) is 5.69 Å². The lowest BCUT2D eigenvalue weighted by Crippen LogP contribution is -2.10. The summed E-state index contributed by atoms with van der Waals surface area (Å²) < 4.78 is 1.86. The summed E-state index contributed by atoms with van der Waals surface area (Å²) in [5, 5.41) is 18.1. The predicted molar refractivity (Wildman–Crippen MR) is 78.5 cm³/mol. The van der Waals surface area contributed by atoms with Gasteiger partial charge >= 0.3 is 0 Å². The Morgan fingerprint density at radius 3 is 2.63 bits per heavy atom. The van der Waals surface area contributed by atoms with Gasteiger partial charge in [0.2, 0.25) is 5.13 Å². The molecule has 2 rings (SSSR count). The first-order chi connectivity index (χ1) is 8.90. The minimum absolute atomic E-state index is 0.0560. The van der Waals surface area contributed by atoms with Gasteiger partial charge in [-0.2, -0.15) is 5.10 Å². The zero-order chi connectivity index (χ0) is 14.0. The average Bonchev–Trinajstić information content (AvgIpc) is 2.91. The van der Waals surface area contributed by atoms with Crippen LogP contribution in [0.5, 0.6) is 0 Å². The standard InChI is InChI=1S/C13H21N5S/c1-6-10-9(8-18(5)17-10)7-14-12-16-15-11(19-12)13(2,3)4/h8H,6-7H2,1-5H3,(H,14,16). The van der Waals surface area contributed by atoms with E-state index in [1.54, 1.807) is 11.3 Å². The zero-order valence-electron chi connectivity index (χ0n) is 12.2. The summed E-state index contributed by atoms with van der Waals surface area (Å²) in [5.41, 5.74) is 2.41. The molecule has 0 atom stereocenters. The molecule has 0 aliphatic heterocycles. The lowest BCUT2D eigenvalue weighted by atomic mass is 9.98. The minimum atomic E-state index is 0.0560. The van der Waals surface area contributed by atoms with Gasteiger partial charge in [-0.25, -0.2) is 0 Å². The monoisotopic (exact) mass is 279 g/mol. The molecule has 104 valence electrons. The molecule has 0 amide bonds. The molecule has 0 aliphatic rings. The van der Waals surface area contributed by atoms with Gasteiger partial charge in [0.25, 0.3) is 0 Å². The fourth-order valence-electron chi connectivity index (χ4n) is 1.80. The molecular formula is C13H21N5S. The van der Waals surface area contributed by atoms with Crippen LogP contribution in [0.25, 0.3) is 0 Å². The largest absolute Gasteiger partial charge is 0.356 e. The molecule has 2 aromatic heterocycles. The van der Waals surface area contributed by atoms with E-state index in [0.717, 1.165) is 28.8 Å². The smallest absolute Gasteiger partial charge is 0.205 e. The van der Waals surface area contributed by atoms with Gasteiger partial charge in [-0.15, -0.1) is 10.2 Å². The Morgan fingerprint density at radius 2 is 2.05 bits per heavy atom. The van der Waals surface area contributed by atoms with Gasteiger partial charge in [0.1, 0.15) is 5.01 Å². The molecule has 0 unspecified atom stereocenters. The van der Waals surface area contributed by atoms with Gasteiger partial charge in [0.15, 0.2) is 0 Å². The highest BCUT2D eigenvalue weighted by atomic mass is 32.1. The Bertz CT molecular complexity index is 550. The molecule has 0 spiro atoms. The van der Waals surface area contributed by atoms with Gasteiger partial charge in [-0.05, 0) is 6.42 Å². The van der Waals surface area contributed by atoms with Crippen LogP contribution in [0.4, 0.5) is 5.13 Å². The second-order valence-electron chi connectivity index (χ2n) is 5.64. The van der Waals surface area contributed by atoms with E-state index in [2.05, 4.69) is 54.5 Å². The van der Waals surface area contributed by atoms with Crippen LogP contribution in [0, 0.1) is 0 Å². The summed E-state index contributed by atoms with van der Waals surface area (Å²) >= 11 is 1.62. The van der Waals surface area contributed by atoms with E-state index in [1.807, 2.05) is 11.7 Å². The SMILES string of the molecule is CCc1nn(C)cc1CNc1nnc(C(C)(C)C)s1. The Morgan fingerprint density at radius 1 is 1.32 bits per heavy atom. The maximum atomic E-state index is 4.43. The summed E-state index contributed by atoms with van der Waals surface area (Å²) in [4.78, 5) is 0. The summed E-state index contributed by atoms with van der Waals surface area (Å²) in [5.74, 6) is 0. The van der Waals surface area contributed by atoms with Crippen molar-refractivity contribution in [1.82, 2.24) is 20.0 Å². The molecule has 19 heavy (non-hydrogen) atoms. The van der Waals surface area contributed by atoms with Gasteiger partial charge < -0.3 is 5.32 Å². The Balaban J connectivity index is 2.04. The van der Waals surface area contributed by atoms with Crippen LogP contribution < -0.4 is 5.32 Å². The summed E-state index contributed by atoms with van der Waals surface area (Å²) in [6.45, 7) is 9.30. The van der Waals surface area contributed by atoms with E-state index in [4.69, 9.17) is 0 Å². The Kier molecular flexibility index (Phi) is 3.89. The quantitative estimate of drug-likeness (QED) is 0.935. The third-order valence-electron chi connectivity index (χ3n) is 2.82. The van der Waals surface area contributed by atoms with Crippen molar-refractivity contribution in [3.05, 3.63) is 22.5 Å². The highest BCUT2D eigenvalue weighted by Gasteiger charge is 2.19. The van der Waals surface area contributed by atoms with Crippen LogP contribution >= 0.6 is 11.3 Å². The number of hydrogen-bond acceptors (Lipinski definition) is 5. The molecular weight excluding hydrogens is 258 g/mol. The van der Waals surface area contributed by atoms with E-state index in [1.165, 1.54) is 5.56 Å². The molecule has 0 saturated heterocycles. The van der Waals surface area contributed by atoms with Crippen molar-refractivity contribution in [2.45, 2.75) is 46.1 Å². The normalized spacial score (nSPS) is 11.8. The number of nitrogens with one attached hydrogen (secondary N) is 1. The van der Waals surface area contributed by atoms with Crippen LogP contribution in [-0.2, 0) is 25.4 Å². The van der Waals surface area contributed by atoms with E-state index in [9.17, 15) is 0 Å². The molecule has 1 N–H and O–H groups in total. The average molecular weight is 279 g/mol. The first-order valence-corrected chi connectivity index (χ1v) is 7.31. The fraction of sp³-hybridized carbons (Fsp3) is 0.615. The zero-order valence-corrected chi connectivity index (χ0v) is 13.0. The van der Waals surface area contributed by atoms with Crippen molar-refractivity contribution < 1.29 is 0 Å². The molecule has 0 aromatic carbocycles. The Hall–Kier alpha value is -1.43. The van der Waals surface area contributed by atoms with Crippen molar-refractivity contribution >= 4 is 16.5 Å². The molecule has 0 bridgehead atoms. The van der Waals surface area contributed by atoms with Gasteiger partial charge in [0, 0.05) is 30.8 Å². The lowest BCUT2D eigenvalue weighted by Gasteiger charge is -2.12. The minimum Gasteiger partial charge on any atom is -0.356 e. The van der Waals surface area contributed by atoms with Crippen molar-refractivity contribution in [3.63, 3.8) is 0 Å². The van der Waals surface area contributed by atoms with Gasteiger partial charge in [-0.3, -0.25) is 4.68 Å². The number of aromatic nitrogens is 4. The maximum absolute atomic E-state index is 4.43. The molecule has 5 nitrogen and oxygen atoms in total. The molecule has 2 aromatic rings. The highest BCUT2D eigenvalue weighted by molar-refractivity contribution is 7.15. The molecule has 2 heterocycles. The van der Waals surface area contributed by atoms with Gasteiger partial charge in [-0.1, -0.05) is 39.0 Å². The van der Waals surface area contributed by atoms with Crippen LogP contribution in [0.2, 0.25) is 0 Å². The van der Waals surface area contributed by atoms with Crippen LogP contribution in [0.1, 0.15) is 44.0 Å². The third-order valence-corrected chi connectivity index (χ3v) is 4.13. The van der Waals surface area contributed by atoms with Crippen LogP contribution in [0.15, 0.2) is 6.20 Å². The first-order valence-electron chi connectivity index (χ1n) is 6.49. The summed E-state index contributed by atoms with van der Waals surface area (Å²) in [6.07, 6.45) is 3.00. The number of aryl methyl sites for hydroxylation is 2. The summed E-state index contributed by atoms with van der Waals surface area (Å²) in [7, 11) is 1.95. The molecule has 0 radical (unpaired) electrons. The van der Waals surface area contributed by atoms with E-state index in [0.29, 0.717) is 0 Å². The molecule has 0 saturated carbocycles. The molecule has 6 heteroatoms. The lowest BCUT2D eigenvalue weighted by molar-refractivity contribution is 0.578. The number of nitrogens with zero attached hydrogens (tertiary/aromatic N) is 4. The van der Waals surface area contributed by atoms with Crippen molar-refractivity contribution in [3.8, 4) is 0 Å². The second-order valence-corrected chi connectivity index (χ2v) is 6.62. The number of hydrogen-bond donors (Lipinski definition) is 1. The molecule has 0 fully saturated rings. The predicted octanol–water partition coefficient (Wildman–Crippen LogP) is 2.74. The van der Waals surface area contributed by atoms with Crippen molar-refractivity contribution in [1.29, 1.82) is 0 Å².